The molecule has 37 heavy (non-hydrogen) atoms. The SMILES string of the molecule is CCOc1ccc(N(CC(=O)NC(CC)c2ccc(OC)c(OC)c2)S(=O)(=O)c2ccc(Cl)cc2)cc1. The number of nitrogens with zero attached hydrogens (tertiary/aromatic N) is 1. The average Bonchev–Trinajstić information content (AvgIpc) is 2.91. The number of rotatable bonds is 12. The van der Waals surface area contributed by atoms with Crippen LogP contribution in [0.1, 0.15) is 31.9 Å². The molecule has 0 spiro atoms. The van der Waals surface area contributed by atoms with Crippen LogP contribution in [0.4, 0.5) is 5.69 Å². The number of ether oxygens (including phenoxy) is 3. The summed E-state index contributed by atoms with van der Waals surface area (Å²) < 4.78 is 44.4. The number of benzene rings is 3. The Morgan fingerprint density at radius 1 is 0.946 bits per heavy atom. The van der Waals surface area contributed by atoms with Gasteiger partial charge >= 0.3 is 0 Å². The van der Waals surface area contributed by atoms with Crippen molar-refractivity contribution in [3.8, 4) is 17.2 Å². The molecule has 0 saturated heterocycles. The number of anilines is 1. The highest BCUT2D eigenvalue weighted by atomic mass is 35.5. The lowest BCUT2D eigenvalue weighted by Gasteiger charge is -2.26. The van der Waals surface area contributed by atoms with Crippen LogP contribution in [0.5, 0.6) is 17.2 Å². The Kier molecular flexibility index (Phi) is 9.66. The number of hydrogen-bond donors (Lipinski definition) is 1. The number of halogens is 1. The monoisotopic (exact) mass is 546 g/mol. The highest BCUT2D eigenvalue weighted by Gasteiger charge is 2.28. The minimum atomic E-state index is -4.08. The Balaban J connectivity index is 1.91. The van der Waals surface area contributed by atoms with Crippen molar-refractivity contribution in [1.29, 1.82) is 0 Å². The van der Waals surface area contributed by atoms with Gasteiger partial charge in [-0.3, -0.25) is 9.10 Å². The zero-order valence-electron chi connectivity index (χ0n) is 21.2. The Hall–Kier alpha value is -3.43. The molecular formula is C27H31ClN2O6S. The van der Waals surface area contributed by atoms with Crippen LogP contribution in [0.25, 0.3) is 0 Å². The number of carbonyl (C=O) groups excluding carboxylic acids is 1. The summed E-state index contributed by atoms with van der Waals surface area (Å²) >= 11 is 5.96. The molecule has 3 aromatic rings. The number of carbonyl (C=O) groups is 1. The van der Waals surface area contributed by atoms with Crippen LogP contribution in [0, 0.1) is 0 Å². The molecule has 0 aliphatic carbocycles. The lowest BCUT2D eigenvalue weighted by molar-refractivity contribution is -0.120. The highest BCUT2D eigenvalue weighted by Crippen LogP contribution is 2.31. The number of nitrogens with one attached hydrogen (secondary N) is 1. The third-order valence-corrected chi connectivity index (χ3v) is 7.72. The van der Waals surface area contributed by atoms with Crippen LogP contribution < -0.4 is 23.8 Å². The molecule has 8 nitrogen and oxygen atoms in total. The molecule has 1 atom stereocenters. The Morgan fingerprint density at radius 2 is 1.59 bits per heavy atom. The molecule has 3 rings (SSSR count). The smallest absolute Gasteiger partial charge is 0.264 e. The fourth-order valence-electron chi connectivity index (χ4n) is 3.79. The first kappa shape index (κ1) is 28.1. The second-order valence-corrected chi connectivity index (χ2v) is 10.3. The van der Waals surface area contributed by atoms with Crippen molar-refractivity contribution in [1.82, 2.24) is 5.32 Å². The van der Waals surface area contributed by atoms with Gasteiger partial charge in [0.15, 0.2) is 11.5 Å². The molecule has 10 heteroatoms. The number of methoxy groups -OCH3 is 2. The molecule has 0 aliphatic rings. The van der Waals surface area contributed by atoms with Gasteiger partial charge in [0.25, 0.3) is 10.0 Å². The predicted molar refractivity (Wildman–Crippen MR) is 144 cm³/mol. The molecule has 0 bridgehead atoms. The summed E-state index contributed by atoms with van der Waals surface area (Å²) in [6.07, 6.45) is 0.578. The molecule has 1 amide bonds. The molecule has 0 fully saturated rings. The molecule has 198 valence electrons. The van der Waals surface area contributed by atoms with Crippen molar-refractivity contribution in [2.45, 2.75) is 31.2 Å². The zero-order valence-corrected chi connectivity index (χ0v) is 22.8. The molecular weight excluding hydrogens is 516 g/mol. The van der Waals surface area contributed by atoms with Gasteiger partial charge in [0.2, 0.25) is 5.91 Å². The van der Waals surface area contributed by atoms with E-state index in [9.17, 15) is 13.2 Å². The van der Waals surface area contributed by atoms with Crippen LogP contribution in [0.15, 0.2) is 71.6 Å². The number of hydrogen-bond acceptors (Lipinski definition) is 6. The maximum atomic E-state index is 13.6. The minimum Gasteiger partial charge on any atom is -0.494 e. The van der Waals surface area contributed by atoms with Gasteiger partial charge in [-0.2, -0.15) is 0 Å². The van der Waals surface area contributed by atoms with Crippen LogP contribution in [0.2, 0.25) is 5.02 Å². The third kappa shape index (κ3) is 6.87. The topological polar surface area (TPSA) is 94.2 Å². The van der Waals surface area contributed by atoms with Crippen molar-refractivity contribution in [3.05, 3.63) is 77.3 Å². The van der Waals surface area contributed by atoms with Gasteiger partial charge in [0, 0.05) is 5.02 Å². The van der Waals surface area contributed by atoms with Crippen molar-refractivity contribution in [2.24, 2.45) is 0 Å². The molecule has 0 saturated carbocycles. The Bertz CT molecular complexity index is 1300. The molecule has 1 unspecified atom stereocenters. The first-order valence-electron chi connectivity index (χ1n) is 11.8. The highest BCUT2D eigenvalue weighted by molar-refractivity contribution is 7.92. The average molecular weight is 547 g/mol. The van der Waals surface area contributed by atoms with E-state index < -0.39 is 22.5 Å². The maximum absolute atomic E-state index is 13.6. The summed E-state index contributed by atoms with van der Waals surface area (Å²) in [6, 6.07) is 17.4. The Labute approximate surface area is 223 Å². The Morgan fingerprint density at radius 3 is 2.16 bits per heavy atom. The van der Waals surface area contributed by atoms with Gasteiger partial charge < -0.3 is 19.5 Å². The predicted octanol–water partition coefficient (Wildman–Crippen LogP) is 5.22. The summed E-state index contributed by atoms with van der Waals surface area (Å²) in [5, 5.41) is 3.36. The van der Waals surface area contributed by atoms with Gasteiger partial charge in [-0.05, 0) is 79.6 Å². The minimum absolute atomic E-state index is 0.0190. The maximum Gasteiger partial charge on any atom is 0.264 e. The van der Waals surface area contributed by atoms with E-state index in [0.29, 0.717) is 41.0 Å². The van der Waals surface area contributed by atoms with E-state index in [0.717, 1.165) is 9.87 Å². The molecule has 0 aliphatic heterocycles. The lowest BCUT2D eigenvalue weighted by atomic mass is 10.0. The van der Waals surface area contributed by atoms with Crippen molar-refractivity contribution >= 4 is 33.2 Å². The molecule has 0 radical (unpaired) electrons. The number of sulfonamides is 1. The summed E-state index contributed by atoms with van der Waals surface area (Å²) in [5.74, 6) is 1.24. The third-order valence-electron chi connectivity index (χ3n) is 5.68. The summed E-state index contributed by atoms with van der Waals surface area (Å²) in [7, 11) is -0.993. The van der Waals surface area contributed by atoms with Crippen molar-refractivity contribution in [2.75, 3.05) is 31.7 Å². The van der Waals surface area contributed by atoms with E-state index in [4.69, 9.17) is 25.8 Å². The van der Waals surface area contributed by atoms with Gasteiger partial charge in [-0.1, -0.05) is 24.6 Å². The second-order valence-electron chi connectivity index (χ2n) is 8.04. The molecule has 1 N–H and O–H groups in total. The molecule has 0 heterocycles. The zero-order chi connectivity index (χ0) is 27.0. The van der Waals surface area contributed by atoms with Crippen LogP contribution in [0.3, 0.4) is 0 Å². The van der Waals surface area contributed by atoms with Gasteiger partial charge in [-0.25, -0.2) is 8.42 Å². The van der Waals surface area contributed by atoms with Crippen molar-refractivity contribution in [3.63, 3.8) is 0 Å². The second kappa shape index (κ2) is 12.7. The first-order valence-corrected chi connectivity index (χ1v) is 13.6. The lowest BCUT2D eigenvalue weighted by Crippen LogP contribution is -2.42. The van der Waals surface area contributed by atoms with E-state index in [2.05, 4.69) is 5.32 Å². The van der Waals surface area contributed by atoms with E-state index in [1.807, 2.05) is 19.9 Å². The normalized spacial score (nSPS) is 11.9. The first-order chi connectivity index (χ1) is 17.7. The van der Waals surface area contributed by atoms with E-state index in [-0.39, 0.29) is 10.9 Å². The largest absolute Gasteiger partial charge is 0.494 e. The van der Waals surface area contributed by atoms with Crippen LogP contribution in [-0.2, 0) is 14.8 Å². The molecule has 3 aromatic carbocycles. The van der Waals surface area contributed by atoms with E-state index in [1.165, 1.54) is 31.4 Å². The van der Waals surface area contributed by atoms with E-state index in [1.54, 1.807) is 43.5 Å². The summed E-state index contributed by atoms with van der Waals surface area (Å²) in [5.41, 5.74) is 1.13. The van der Waals surface area contributed by atoms with Gasteiger partial charge in [0.1, 0.15) is 12.3 Å². The van der Waals surface area contributed by atoms with Crippen LogP contribution in [-0.4, -0.2) is 41.7 Å². The standard InChI is InChI=1S/C27H31ClN2O6S/c1-5-24(19-7-16-25(34-3)26(17-19)35-4)29-27(31)18-30(21-10-12-22(13-11-21)36-6-2)37(32,33)23-14-8-20(28)9-15-23/h7-17,24H,5-6,18H2,1-4H3,(H,29,31). The van der Waals surface area contributed by atoms with Crippen molar-refractivity contribution < 1.29 is 27.4 Å². The molecule has 0 aromatic heterocycles. The summed E-state index contributed by atoms with van der Waals surface area (Å²) in [6.45, 7) is 3.83. The van der Waals surface area contributed by atoms with Crippen LogP contribution >= 0.6 is 11.6 Å². The fourth-order valence-corrected chi connectivity index (χ4v) is 5.33. The summed E-state index contributed by atoms with van der Waals surface area (Å²) in [4.78, 5) is 13.2. The van der Waals surface area contributed by atoms with Gasteiger partial charge in [-0.15, -0.1) is 0 Å². The van der Waals surface area contributed by atoms with Gasteiger partial charge in [0.05, 0.1) is 37.5 Å². The van der Waals surface area contributed by atoms with E-state index >= 15 is 0 Å². The number of amides is 1. The quantitative estimate of drug-likeness (QED) is 0.335. The fraction of sp³-hybridized carbons (Fsp3) is 0.296.